The molecule has 8 nitrogen and oxygen atoms in total. The van der Waals surface area contributed by atoms with Gasteiger partial charge >= 0.3 is 0 Å². The summed E-state index contributed by atoms with van der Waals surface area (Å²) < 4.78 is 5.53. The molecule has 23 heavy (non-hydrogen) atoms. The minimum absolute atomic E-state index is 0.0153. The van der Waals surface area contributed by atoms with Crippen molar-refractivity contribution in [2.75, 3.05) is 0 Å². The van der Waals surface area contributed by atoms with Crippen LogP contribution in [-0.2, 0) is 25.8 Å². The Labute approximate surface area is 130 Å². The summed E-state index contributed by atoms with van der Waals surface area (Å²) in [6, 6.07) is 5.74. The maximum Gasteiger partial charge on any atom is 0.269 e. The number of non-ortho nitro benzene ring substituents is 1. The second-order valence-corrected chi connectivity index (χ2v) is 5.67. The van der Waals surface area contributed by atoms with Crippen LogP contribution < -0.4 is 0 Å². The van der Waals surface area contributed by atoms with E-state index in [4.69, 9.17) is 9.57 Å². The van der Waals surface area contributed by atoms with Gasteiger partial charge in [-0.2, -0.15) is 5.06 Å². The zero-order valence-corrected chi connectivity index (χ0v) is 11.8. The van der Waals surface area contributed by atoms with Gasteiger partial charge in [-0.15, -0.1) is 0 Å². The number of hydrogen-bond donors (Lipinski definition) is 0. The van der Waals surface area contributed by atoms with E-state index in [-0.39, 0.29) is 24.5 Å². The summed E-state index contributed by atoms with van der Waals surface area (Å²) in [5.74, 6) is -1.79. The van der Waals surface area contributed by atoms with Crippen molar-refractivity contribution in [2.45, 2.75) is 18.8 Å². The summed E-state index contributed by atoms with van der Waals surface area (Å²) in [6.45, 7) is -0.0153. The van der Waals surface area contributed by atoms with Crippen molar-refractivity contribution in [1.29, 1.82) is 0 Å². The van der Waals surface area contributed by atoms with E-state index < -0.39 is 28.6 Å². The normalized spacial score (nSPS) is 31.0. The van der Waals surface area contributed by atoms with E-state index in [1.807, 2.05) is 0 Å². The monoisotopic (exact) mass is 316 g/mol. The third-order valence-corrected chi connectivity index (χ3v) is 4.38. The molecule has 0 unspecified atom stereocenters. The maximum atomic E-state index is 12.3. The van der Waals surface area contributed by atoms with Crippen molar-refractivity contribution in [3.63, 3.8) is 0 Å². The summed E-state index contributed by atoms with van der Waals surface area (Å²) >= 11 is 0. The first-order valence-electron chi connectivity index (χ1n) is 7.14. The highest BCUT2D eigenvalue weighted by atomic mass is 16.7. The quantitative estimate of drug-likeness (QED) is 0.355. The molecule has 0 aromatic heterocycles. The summed E-state index contributed by atoms with van der Waals surface area (Å²) in [5, 5.41) is 11.4. The predicted molar refractivity (Wildman–Crippen MR) is 74.5 cm³/mol. The minimum Gasteiger partial charge on any atom is -0.365 e. The summed E-state index contributed by atoms with van der Waals surface area (Å²) in [5.41, 5.74) is 0.599. The number of carbonyl (C=O) groups excluding carboxylic acids is 2. The predicted octanol–water partition coefficient (Wildman–Crippen LogP) is 0.965. The van der Waals surface area contributed by atoms with Crippen molar-refractivity contribution in [1.82, 2.24) is 5.06 Å². The highest BCUT2D eigenvalue weighted by molar-refractivity contribution is 6.05. The molecule has 118 valence electrons. The van der Waals surface area contributed by atoms with Gasteiger partial charge in [0.25, 0.3) is 17.5 Å². The van der Waals surface area contributed by atoms with Gasteiger partial charge in [-0.25, -0.2) is 0 Å². The largest absolute Gasteiger partial charge is 0.365 e. The lowest BCUT2D eigenvalue weighted by atomic mass is 9.85. The lowest BCUT2D eigenvalue weighted by Gasteiger charge is -2.16. The lowest BCUT2D eigenvalue weighted by molar-refractivity contribution is -0.384. The van der Waals surface area contributed by atoms with Gasteiger partial charge in [0.15, 0.2) is 0 Å². The van der Waals surface area contributed by atoms with Crippen LogP contribution in [0.1, 0.15) is 5.56 Å². The Bertz CT molecular complexity index is 698. The number of nitro benzene ring substituents is 1. The van der Waals surface area contributed by atoms with Gasteiger partial charge in [0, 0.05) is 12.1 Å². The lowest BCUT2D eigenvalue weighted by Crippen LogP contribution is -2.34. The average Bonchev–Trinajstić information content (AvgIpc) is 3.21. The number of carbonyl (C=O) groups is 2. The van der Waals surface area contributed by atoms with Crippen LogP contribution in [0.25, 0.3) is 0 Å². The molecular formula is C15H12N2O6. The molecule has 0 N–H and O–H groups in total. The fourth-order valence-electron chi connectivity index (χ4n) is 3.26. The number of rotatable bonds is 4. The molecule has 2 fully saturated rings. The standard InChI is InChI=1S/C15H12N2O6/c18-14-12-10-5-6-11(23-10)13(12)15(19)16(14)22-7-8-1-3-9(4-2-8)17(20)21/h1-6,10-13H,7H2/t10-,11+,12-,13+. The number of amides is 2. The van der Waals surface area contributed by atoms with E-state index in [0.717, 1.165) is 5.06 Å². The van der Waals surface area contributed by atoms with Crippen LogP contribution >= 0.6 is 0 Å². The molecule has 8 heteroatoms. The number of benzene rings is 1. The molecule has 3 heterocycles. The molecule has 3 aliphatic rings. The number of nitrogens with zero attached hydrogens (tertiary/aromatic N) is 2. The highest BCUT2D eigenvalue weighted by Crippen LogP contribution is 2.45. The van der Waals surface area contributed by atoms with Gasteiger partial charge in [-0.05, 0) is 17.7 Å². The third-order valence-electron chi connectivity index (χ3n) is 4.38. The number of imide groups is 1. The van der Waals surface area contributed by atoms with Crippen LogP contribution in [0.2, 0.25) is 0 Å². The zero-order chi connectivity index (χ0) is 16.1. The van der Waals surface area contributed by atoms with E-state index in [0.29, 0.717) is 5.56 Å². The molecule has 2 amide bonds. The van der Waals surface area contributed by atoms with Crippen LogP contribution in [0.15, 0.2) is 36.4 Å². The van der Waals surface area contributed by atoms with Crippen molar-refractivity contribution in [3.05, 3.63) is 52.1 Å². The zero-order valence-electron chi connectivity index (χ0n) is 11.8. The molecule has 1 aromatic rings. The number of hydrogen-bond acceptors (Lipinski definition) is 6. The summed E-state index contributed by atoms with van der Waals surface area (Å²) in [6.07, 6.45) is 2.90. The Kier molecular flexibility index (Phi) is 3.03. The summed E-state index contributed by atoms with van der Waals surface area (Å²) in [7, 11) is 0. The van der Waals surface area contributed by atoms with E-state index in [1.165, 1.54) is 24.3 Å². The SMILES string of the molecule is O=C1[C@@H]2[C@H](C(=O)N1OCc1ccc([N+](=O)[O-])cc1)[C@H]1C=C[C@@H]2O1. The van der Waals surface area contributed by atoms with E-state index in [1.54, 1.807) is 12.2 Å². The van der Waals surface area contributed by atoms with E-state index in [9.17, 15) is 19.7 Å². The molecule has 2 bridgehead atoms. The highest BCUT2D eigenvalue weighted by Gasteiger charge is 2.61. The second-order valence-electron chi connectivity index (χ2n) is 5.67. The molecule has 0 spiro atoms. The third kappa shape index (κ3) is 2.07. The van der Waals surface area contributed by atoms with Crippen molar-refractivity contribution >= 4 is 17.5 Å². The molecular weight excluding hydrogens is 304 g/mol. The first-order valence-corrected chi connectivity index (χ1v) is 7.14. The van der Waals surface area contributed by atoms with E-state index >= 15 is 0 Å². The minimum atomic E-state index is -0.505. The number of nitro groups is 1. The first kappa shape index (κ1) is 14.0. The second kappa shape index (κ2) is 4.97. The summed E-state index contributed by atoms with van der Waals surface area (Å²) in [4.78, 5) is 40.1. The topological polar surface area (TPSA) is 99.0 Å². The Morgan fingerprint density at radius 3 is 2.17 bits per heavy atom. The van der Waals surface area contributed by atoms with Gasteiger partial charge in [0.05, 0.1) is 29.0 Å². The smallest absolute Gasteiger partial charge is 0.269 e. The average molecular weight is 316 g/mol. The van der Waals surface area contributed by atoms with Crippen LogP contribution in [0.3, 0.4) is 0 Å². The number of fused-ring (bicyclic) bond motifs is 5. The molecule has 0 radical (unpaired) electrons. The maximum absolute atomic E-state index is 12.3. The molecule has 4 atom stereocenters. The van der Waals surface area contributed by atoms with Crippen LogP contribution in [-0.4, -0.2) is 34.0 Å². The fourth-order valence-corrected chi connectivity index (χ4v) is 3.26. The van der Waals surface area contributed by atoms with Gasteiger partial charge in [0.2, 0.25) is 0 Å². The Balaban J connectivity index is 1.45. The fraction of sp³-hybridized carbons (Fsp3) is 0.333. The molecule has 3 aliphatic heterocycles. The molecule has 4 rings (SSSR count). The van der Waals surface area contributed by atoms with Gasteiger partial charge in [-0.3, -0.25) is 24.5 Å². The van der Waals surface area contributed by atoms with Crippen molar-refractivity contribution in [3.8, 4) is 0 Å². The molecule has 0 saturated carbocycles. The van der Waals surface area contributed by atoms with Gasteiger partial charge in [-0.1, -0.05) is 12.2 Å². The molecule has 2 saturated heterocycles. The molecule has 1 aromatic carbocycles. The Morgan fingerprint density at radius 1 is 1.09 bits per heavy atom. The molecule has 0 aliphatic carbocycles. The first-order chi connectivity index (χ1) is 11.1. The number of hydroxylamine groups is 2. The van der Waals surface area contributed by atoms with Gasteiger partial charge < -0.3 is 4.74 Å². The van der Waals surface area contributed by atoms with E-state index in [2.05, 4.69) is 0 Å². The number of ether oxygens (including phenoxy) is 1. The van der Waals surface area contributed by atoms with Gasteiger partial charge in [0.1, 0.15) is 6.61 Å². The van der Waals surface area contributed by atoms with Crippen LogP contribution in [0.4, 0.5) is 5.69 Å². The van der Waals surface area contributed by atoms with Crippen molar-refractivity contribution < 1.29 is 24.1 Å². The van der Waals surface area contributed by atoms with Crippen molar-refractivity contribution in [2.24, 2.45) is 11.8 Å². The Morgan fingerprint density at radius 2 is 1.65 bits per heavy atom. The Hall–Kier alpha value is -2.58. The van der Waals surface area contributed by atoms with Crippen LogP contribution in [0.5, 0.6) is 0 Å². The van der Waals surface area contributed by atoms with Crippen LogP contribution in [0, 0.1) is 22.0 Å².